The van der Waals surface area contributed by atoms with Gasteiger partial charge in [-0.3, -0.25) is 9.36 Å². The van der Waals surface area contributed by atoms with Gasteiger partial charge >= 0.3 is 13.7 Å². The van der Waals surface area contributed by atoms with Crippen LogP contribution in [0.25, 0.3) is 0 Å². The first-order valence-electron chi connectivity index (χ1n) is 9.77. The molecule has 0 aliphatic rings. The average molecular weight is 429 g/mol. The normalized spacial score (nSPS) is 12.2. The topological polar surface area (TPSA) is 129 Å². The lowest BCUT2D eigenvalue weighted by Crippen LogP contribution is -2.47. The van der Waals surface area contributed by atoms with E-state index < -0.39 is 25.6 Å². The van der Waals surface area contributed by atoms with Crippen molar-refractivity contribution in [2.24, 2.45) is 5.73 Å². The summed E-state index contributed by atoms with van der Waals surface area (Å²) in [6.07, 6.45) is 0.737. The highest BCUT2D eigenvalue weighted by Crippen LogP contribution is 2.46. The number of alkyl carbamates (subject to hydrolysis) is 1. The van der Waals surface area contributed by atoms with Gasteiger partial charge in [0.05, 0.1) is 13.2 Å². The summed E-state index contributed by atoms with van der Waals surface area (Å²) < 4.78 is 28.0. The summed E-state index contributed by atoms with van der Waals surface area (Å²) in [5, 5.41) is 5.11. The van der Waals surface area contributed by atoms with Crippen LogP contribution in [-0.4, -0.2) is 44.1 Å². The van der Waals surface area contributed by atoms with E-state index in [0.717, 1.165) is 5.56 Å². The van der Waals surface area contributed by atoms with Gasteiger partial charge in [-0.2, -0.15) is 0 Å². The van der Waals surface area contributed by atoms with Gasteiger partial charge in [-0.05, 0) is 45.2 Å². The Bertz CT molecular complexity index is 649. The van der Waals surface area contributed by atoms with E-state index >= 15 is 0 Å². The molecular weight excluding hydrogens is 397 g/mol. The van der Waals surface area contributed by atoms with Crippen LogP contribution in [0.1, 0.15) is 38.7 Å². The van der Waals surface area contributed by atoms with E-state index in [9.17, 15) is 14.2 Å². The molecule has 0 saturated carbocycles. The first-order chi connectivity index (χ1) is 13.9. The Balaban J connectivity index is 2.63. The number of amides is 2. The summed E-state index contributed by atoms with van der Waals surface area (Å²) in [6, 6.07) is 8.37. The van der Waals surface area contributed by atoms with Gasteiger partial charge in [0.1, 0.15) is 18.9 Å². The molecule has 0 spiro atoms. The highest BCUT2D eigenvalue weighted by atomic mass is 31.2. The van der Waals surface area contributed by atoms with E-state index in [1.54, 1.807) is 13.8 Å². The number of rotatable bonds is 14. The second-order valence-electron chi connectivity index (χ2n) is 6.19. The second-order valence-corrected chi connectivity index (χ2v) is 8.24. The fourth-order valence-corrected chi connectivity index (χ4v) is 3.88. The molecule has 4 N–H and O–H groups in total. The summed E-state index contributed by atoms with van der Waals surface area (Å²) in [7, 11) is -3.43. The monoisotopic (exact) mass is 429 g/mol. The van der Waals surface area contributed by atoms with Crippen molar-refractivity contribution in [3.05, 3.63) is 35.9 Å². The molecule has 164 valence electrons. The molecule has 29 heavy (non-hydrogen) atoms. The summed E-state index contributed by atoms with van der Waals surface area (Å²) in [6.45, 7) is 4.33. The van der Waals surface area contributed by atoms with Gasteiger partial charge in [0.15, 0.2) is 0 Å². The number of hydrogen-bond acceptors (Lipinski definition) is 7. The molecule has 0 aromatic heterocycles. The number of nitrogens with one attached hydrogen (secondary N) is 2. The number of nitrogens with two attached hydrogens (primary N) is 1. The Hall–Kier alpha value is -1.93. The van der Waals surface area contributed by atoms with Crippen LogP contribution < -0.4 is 16.4 Å². The third kappa shape index (κ3) is 10.4. The molecule has 0 radical (unpaired) electrons. The van der Waals surface area contributed by atoms with Crippen LogP contribution in [-0.2, 0) is 29.8 Å². The molecule has 0 unspecified atom stereocenters. The number of ether oxygens (including phenoxy) is 1. The maximum Gasteiger partial charge on any atom is 0.408 e. The lowest BCUT2D eigenvalue weighted by molar-refractivity contribution is -0.123. The number of hydrogen-bond donors (Lipinski definition) is 3. The van der Waals surface area contributed by atoms with E-state index in [1.165, 1.54) is 0 Å². The van der Waals surface area contributed by atoms with Crippen molar-refractivity contribution in [3.63, 3.8) is 0 Å². The van der Waals surface area contributed by atoms with Crippen LogP contribution in [0.2, 0.25) is 0 Å². The van der Waals surface area contributed by atoms with Crippen LogP contribution in [0.3, 0.4) is 0 Å². The van der Waals surface area contributed by atoms with E-state index in [1.807, 2.05) is 30.3 Å². The number of unbranched alkanes of at least 4 members (excludes halogenated alkanes) is 1. The van der Waals surface area contributed by atoms with Crippen molar-refractivity contribution in [2.45, 2.75) is 45.8 Å². The molecule has 2 amide bonds. The summed E-state index contributed by atoms with van der Waals surface area (Å²) >= 11 is 0. The molecule has 1 aromatic rings. The zero-order valence-electron chi connectivity index (χ0n) is 17.1. The number of carbonyl (C=O) groups is 2. The largest absolute Gasteiger partial charge is 0.445 e. The van der Waals surface area contributed by atoms with Gasteiger partial charge in [-0.15, -0.1) is 0 Å². The highest BCUT2D eigenvalue weighted by Gasteiger charge is 2.27. The maximum absolute atomic E-state index is 12.6. The molecule has 0 bridgehead atoms. The Morgan fingerprint density at radius 1 is 1.10 bits per heavy atom. The van der Waals surface area contributed by atoms with E-state index in [0.29, 0.717) is 25.8 Å². The predicted octanol–water partition coefficient (Wildman–Crippen LogP) is 2.75. The Morgan fingerprint density at radius 3 is 2.34 bits per heavy atom. The minimum Gasteiger partial charge on any atom is -0.445 e. The predicted molar refractivity (Wildman–Crippen MR) is 110 cm³/mol. The fourth-order valence-electron chi connectivity index (χ4n) is 2.49. The van der Waals surface area contributed by atoms with Crippen LogP contribution in [0, 0.1) is 0 Å². The average Bonchev–Trinajstić information content (AvgIpc) is 2.71. The summed E-state index contributed by atoms with van der Waals surface area (Å²) in [4.78, 5) is 24.7. The van der Waals surface area contributed by atoms with Crippen LogP contribution in [0.15, 0.2) is 30.3 Å². The fraction of sp³-hybridized carbons (Fsp3) is 0.579. The molecule has 10 heteroatoms. The van der Waals surface area contributed by atoms with E-state index in [-0.39, 0.29) is 26.1 Å². The minimum atomic E-state index is -3.43. The molecule has 0 aliphatic carbocycles. The van der Waals surface area contributed by atoms with Crippen molar-refractivity contribution in [2.75, 3.05) is 26.0 Å². The Labute approximate surface area is 172 Å². The first kappa shape index (κ1) is 25.1. The molecule has 1 atom stereocenters. The summed E-state index contributed by atoms with van der Waals surface area (Å²) in [5.41, 5.74) is 6.34. The second kappa shape index (κ2) is 14.1. The van der Waals surface area contributed by atoms with Gasteiger partial charge in [-0.25, -0.2) is 4.79 Å². The maximum atomic E-state index is 12.6. The van der Waals surface area contributed by atoms with Gasteiger partial charge in [0, 0.05) is 0 Å². The first-order valence-corrected chi connectivity index (χ1v) is 11.5. The van der Waals surface area contributed by atoms with Crippen molar-refractivity contribution < 1.29 is 27.9 Å². The molecule has 9 nitrogen and oxygen atoms in total. The van der Waals surface area contributed by atoms with Gasteiger partial charge in [0.25, 0.3) is 0 Å². The standard InChI is InChI=1S/C19H32N3O6P/c1-3-27-29(25,28-4-2)15-21-18(23)17(12-8-9-13-20)22-19(24)26-14-16-10-6-5-7-11-16/h5-7,10-11,17H,3-4,8-9,12-15,20H2,1-2H3,(H,21,23)(H,22,24)/t17-/m0/s1. The zero-order chi connectivity index (χ0) is 21.5. The SMILES string of the molecule is CCOP(=O)(CNC(=O)[C@H](CCCCN)NC(=O)OCc1ccccc1)OCC. The Kier molecular flexibility index (Phi) is 12.2. The number of benzene rings is 1. The smallest absolute Gasteiger partial charge is 0.408 e. The number of carbonyl (C=O) groups excluding carboxylic acids is 2. The molecule has 0 saturated heterocycles. The molecular formula is C19H32N3O6P. The summed E-state index contributed by atoms with van der Waals surface area (Å²) in [5.74, 6) is -0.488. The van der Waals surface area contributed by atoms with Gasteiger partial charge in [-0.1, -0.05) is 30.3 Å². The molecule has 1 aromatic carbocycles. The third-order valence-corrected chi connectivity index (χ3v) is 5.72. The van der Waals surface area contributed by atoms with Crippen molar-refractivity contribution in [3.8, 4) is 0 Å². The van der Waals surface area contributed by atoms with Crippen molar-refractivity contribution in [1.82, 2.24) is 10.6 Å². The molecule has 0 fully saturated rings. The van der Waals surface area contributed by atoms with Gasteiger partial charge < -0.3 is 30.2 Å². The minimum absolute atomic E-state index is 0.0910. The van der Waals surface area contributed by atoms with Crippen LogP contribution >= 0.6 is 7.60 Å². The molecule has 0 aliphatic heterocycles. The Morgan fingerprint density at radius 2 is 1.76 bits per heavy atom. The lowest BCUT2D eigenvalue weighted by Gasteiger charge is -2.21. The molecule has 0 heterocycles. The quantitative estimate of drug-likeness (QED) is 0.306. The van der Waals surface area contributed by atoms with Crippen LogP contribution in [0.4, 0.5) is 4.79 Å². The van der Waals surface area contributed by atoms with Crippen molar-refractivity contribution in [1.29, 1.82) is 0 Å². The lowest BCUT2D eigenvalue weighted by atomic mass is 10.1. The van der Waals surface area contributed by atoms with Crippen LogP contribution in [0.5, 0.6) is 0 Å². The van der Waals surface area contributed by atoms with E-state index in [4.69, 9.17) is 19.5 Å². The van der Waals surface area contributed by atoms with Gasteiger partial charge in [0.2, 0.25) is 5.91 Å². The van der Waals surface area contributed by atoms with E-state index in [2.05, 4.69) is 10.6 Å². The third-order valence-electron chi connectivity index (χ3n) is 3.87. The van der Waals surface area contributed by atoms with Crippen molar-refractivity contribution >= 4 is 19.6 Å². The highest BCUT2D eigenvalue weighted by molar-refractivity contribution is 7.53. The molecule has 1 rings (SSSR count). The zero-order valence-corrected chi connectivity index (χ0v) is 18.0.